The van der Waals surface area contributed by atoms with Gasteiger partial charge in [-0.15, -0.1) is 0 Å². The van der Waals surface area contributed by atoms with Crippen LogP contribution in [0.1, 0.15) is 32.3 Å². The van der Waals surface area contributed by atoms with Gasteiger partial charge < -0.3 is 4.74 Å². The Morgan fingerprint density at radius 1 is 1.56 bits per heavy atom. The van der Waals surface area contributed by atoms with Crippen molar-refractivity contribution in [2.45, 2.75) is 32.1 Å². The first kappa shape index (κ1) is 14.2. The summed E-state index contributed by atoms with van der Waals surface area (Å²) in [7, 11) is 0. The van der Waals surface area contributed by atoms with Gasteiger partial charge >= 0.3 is 5.97 Å². The normalized spacial score (nSPS) is 13.4. The lowest BCUT2D eigenvalue weighted by Gasteiger charge is -2.26. The maximum atomic E-state index is 13.3. The Morgan fingerprint density at radius 2 is 2.28 bits per heavy atom. The molecule has 0 saturated carbocycles. The predicted octanol–water partition coefficient (Wildman–Crippen LogP) is 2.95. The topological polar surface area (TPSA) is 50.1 Å². The summed E-state index contributed by atoms with van der Waals surface area (Å²) in [5.41, 5.74) is -0.440. The van der Waals surface area contributed by atoms with E-state index >= 15 is 0 Å². The molecule has 1 rings (SSSR count). The number of hydrogen-bond acceptors (Lipinski definition) is 3. The van der Waals surface area contributed by atoms with Crippen molar-refractivity contribution < 1.29 is 13.9 Å². The zero-order valence-corrected chi connectivity index (χ0v) is 10.6. The fourth-order valence-corrected chi connectivity index (χ4v) is 1.79. The molecule has 96 valence electrons. The van der Waals surface area contributed by atoms with Gasteiger partial charge in [-0.3, -0.25) is 4.79 Å². The second-order valence-electron chi connectivity index (χ2n) is 4.22. The van der Waals surface area contributed by atoms with Crippen LogP contribution in [-0.4, -0.2) is 12.6 Å². The van der Waals surface area contributed by atoms with Gasteiger partial charge in [-0.25, -0.2) is 4.39 Å². The molecule has 0 saturated heterocycles. The molecule has 4 heteroatoms. The number of nitrogens with zero attached hydrogens (tertiary/aromatic N) is 1. The molecule has 0 heterocycles. The second kappa shape index (κ2) is 6.15. The van der Waals surface area contributed by atoms with E-state index in [0.717, 1.165) is 0 Å². The fourth-order valence-electron chi connectivity index (χ4n) is 1.79. The average Bonchev–Trinajstić information content (AvgIpc) is 2.36. The highest BCUT2D eigenvalue weighted by atomic mass is 19.1. The average molecular weight is 249 g/mol. The summed E-state index contributed by atoms with van der Waals surface area (Å²) in [6.07, 6.45) is 0.525. The van der Waals surface area contributed by atoms with Gasteiger partial charge in [-0.2, -0.15) is 5.26 Å². The van der Waals surface area contributed by atoms with E-state index in [1.54, 1.807) is 26.0 Å². The molecule has 0 spiro atoms. The van der Waals surface area contributed by atoms with Crippen molar-refractivity contribution in [3.8, 4) is 6.07 Å². The molecule has 0 radical (unpaired) electrons. The Labute approximate surface area is 106 Å². The summed E-state index contributed by atoms with van der Waals surface area (Å²) < 4.78 is 18.3. The Kier molecular flexibility index (Phi) is 4.85. The third-order valence-corrected chi connectivity index (χ3v) is 2.92. The Morgan fingerprint density at radius 3 is 2.83 bits per heavy atom. The molecule has 0 aliphatic rings. The van der Waals surface area contributed by atoms with E-state index in [0.29, 0.717) is 12.0 Å². The van der Waals surface area contributed by atoms with Crippen molar-refractivity contribution in [2.24, 2.45) is 0 Å². The number of esters is 1. The van der Waals surface area contributed by atoms with Crippen LogP contribution in [0.5, 0.6) is 0 Å². The number of rotatable bonds is 5. The van der Waals surface area contributed by atoms with Crippen molar-refractivity contribution in [2.75, 3.05) is 6.61 Å². The number of carbonyl (C=O) groups excluding carboxylic acids is 1. The molecule has 0 N–H and O–H groups in total. The number of nitriles is 1. The Bertz CT molecular complexity index is 467. The zero-order chi connectivity index (χ0) is 13.6. The minimum Gasteiger partial charge on any atom is -0.465 e. The van der Waals surface area contributed by atoms with Gasteiger partial charge in [0.15, 0.2) is 0 Å². The van der Waals surface area contributed by atoms with Crippen LogP contribution in [0.25, 0.3) is 0 Å². The van der Waals surface area contributed by atoms with E-state index in [1.165, 1.54) is 12.1 Å². The van der Waals surface area contributed by atoms with Crippen LogP contribution in [0.15, 0.2) is 24.3 Å². The monoisotopic (exact) mass is 249 g/mol. The van der Waals surface area contributed by atoms with Crippen molar-refractivity contribution in [3.05, 3.63) is 35.6 Å². The molecule has 1 unspecified atom stereocenters. The molecule has 0 aliphatic heterocycles. The SMILES string of the molecule is CCOC(=O)C(C)(CCC#N)c1cccc(F)c1. The molecule has 0 fully saturated rings. The number of benzene rings is 1. The van der Waals surface area contributed by atoms with Gasteiger partial charge in [-0.05, 0) is 38.0 Å². The van der Waals surface area contributed by atoms with Gasteiger partial charge in [0, 0.05) is 6.42 Å². The lowest BCUT2D eigenvalue weighted by Crippen LogP contribution is -2.34. The number of ether oxygens (including phenoxy) is 1. The van der Waals surface area contributed by atoms with E-state index < -0.39 is 17.2 Å². The van der Waals surface area contributed by atoms with Crippen LogP contribution in [-0.2, 0) is 14.9 Å². The number of hydrogen-bond donors (Lipinski definition) is 0. The van der Waals surface area contributed by atoms with E-state index in [-0.39, 0.29) is 13.0 Å². The molecule has 1 aromatic rings. The summed E-state index contributed by atoms with van der Waals surface area (Å²) in [6, 6.07) is 7.86. The number of carbonyl (C=O) groups is 1. The molecule has 3 nitrogen and oxygen atoms in total. The molecule has 18 heavy (non-hydrogen) atoms. The van der Waals surface area contributed by atoms with E-state index in [9.17, 15) is 9.18 Å². The molecule has 0 amide bonds. The summed E-state index contributed by atoms with van der Waals surface area (Å²) in [6.45, 7) is 3.65. The first-order valence-electron chi connectivity index (χ1n) is 5.85. The van der Waals surface area contributed by atoms with Crippen LogP contribution < -0.4 is 0 Å². The first-order valence-corrected chi connectivity index (χ1v) is 5.85. The highest BCUT2D eigenvalue weighted by Crippen LogP contribution is 2.31. The van der Waals surface area contributed by atoms with Crippen LogP contribution in [0.3, 0.4) is 0 Å². The minimum absolute atomic E-state index is 0.214. The maximum absolute atomic E-state index is 13.3. The van der Waals surface area contributed by atoms with Gasteiger partial charge in [0.1, 0.15) is 5.82 Å². The van der Waals surface area contributed by atoms with Crippen LogP contribution in [0, 0.1) is 17.1 Å². The lowest BCUT2D eigenvalue weighted by atomic mass is 9.78. The third-order valence-electron chi connectivity index (χ3n) is 2.92. The smallest absolute Gasteiger partial charge is 0.316 e. The van der Waals surface area contributed by atoms with Crippen LogP contribution in [0.2, 0.25) is 0 Å². The highest BCUT2D eigenvalue weighted by molar-refractivity contribution is 5.82. The highest BCUT2D eigenvalue weighted by Gasteiger charge is 2.36. The zero-order valence-electron chi connectivity index (χ0n) is 10.6. The van der Waals surface area contributed by atoms with E-state index in [1.807, 2.05) is 6.07 Å². The number of halogens is 1. The Hall–Kier alpha value is -1.89. The van der Waals surface area contributed by atoms with Gasteiger partial charge in [0.25, 0.3) is 0 Å². The predicted molar refractivity (Wildman–Crippen MR) is 65.2 cm³/mol. The maximum Gasteiger partial charge on any atom is 0.316 e. The fraction of sp³-hybridized carbons (Fsp3) is 0.429. The summed E-state index contributed by atoms with van der Waals surface area (Å²) >= 11 is 0. The van der Waals surface area contributed by atoms with Crippen molar-refractivity contribution in [3.63, 3.8) is 0 Å². The van der Waals surface area contributed by atoms with Crippen LogP contribution >= 0.6 is 0 Å². The van der Waals surface area contributed by atoms with Crippen molar-refractivity contribution >= 4 is 5.97 Å². The summed E-state index contributed by atoms with van der Waals surface area (Å²) in [4.78, 5) is 12.0. The van der Waals surface area contributed by atoms with E-state index in [2.05, 4.69) is 0 Å². The Balaban J connectivity index is 3.11. The molecular formula is C14H16FNO2. The second-order valence-corrected chi connectivity index (χ2v) is 4.22. The quantitative estimate of drug-likeness (QED) is 0.754. The van der Waals surface area contributed by atoms with E-state index in [4.69, 9.17) is 10.00 Å². The van der Waals surface area contributed by atoms with Gasteiger partial charge in [0.2, 0.25) is 0 Å². The summed E-state index contributed by atoms with van der Waals surface area (Å²) in [5, 5.41) is 8.67. The third kappa shape index (κ3) is 3.07. The molecule has 1 atom stereocenters. The minimum atomic E-state index is -0.978. The van der Waals surface area contributed by atoms with Crippen LogP contribution in [0.4, 0.5) is 4.39 Å². The summed E-state index contributed by atoms with van der Waals surface area (Å²) in [5.74, 6) is -0.828. The molecule has 0 bridgehead atoms. The first-order chi connectivity index (χ1) is 8.54. The molecule has 1 aromatic carbocycles. The molecule has 0 aromatic heterocycles. The lowest BCUT2D eigenvalue weighted by molar-refractivity contribution is -0.149. The largest absolute Gasteiger partial charge is 0.465 e. The van der Waals surface area contributed by atoms with Crippen molar-refractivity contribution in [1.29, 1.82) is 5.26 Å². The molecular weight excluding hydrogens is 233 g/mol. The molecule has 0 aliphatic carbocycles. The van der Waals surface area contributed by atoms with Crippen molar-refractivity contribution in [1.82, 2.24) is 0 Å². The van der Waals surface area contributed by atoms with Gasteiger partial charge in [-0.1, -0.05) is 12.1 Å². The van der Waals surface area contributed by atoms with Gasteiger partial charge in [0.05, 0.1) is 18.1 Å². The standard InChI is InChI=1S/C14H16FNO2/c1-3-18-13(17)14(2,8-5-9-16)11-6-4-7-12(15)10-11/h4,6-7,10H,3,5,8H2,1-2H3.